The van der Waals surface area contributed by atoms with Crippen molar-refractivity contribution in [2.24, 2.45) is 0 Å². The highest BCUT2D eigenvalue weighted by molar-refractivity contribution is 7.22. The zero-order chi connectivity index (χ0) is 33.9. The van der Waals surface area contributed by atoms with Crippen molar-refractivity contribution in [2.45, 2.75) is 54.7 Å². The van der Waals surface area contributed by atoms with Gasteiger partial charge in [0.1, 0.15) is 58.4 Å². The predicted molar refractivity (Wildman–Crippen MR) is 201 cm³/mol. The first-order valence-corrected chi connectivity index (χ1v) is 16.3. The highest BCUT2D eigenvalue weighted by Crippen LogP contribution is 2.42. The number of hydrogen-bond acceptors (Lipinski definition) is 10. The summed E-state index contributed by atoms with van der Waals surface area (Å²) in [5.74, 6) is 0.324. The number of nitrogens with one attached hydrogen (secondary N) is 2. The maximum Gasteiger partial charge on any atom is 0.321 e. The summed E-state index contributed by atoms with van der Waals surface area (Å²) in [6.45, 7) is 6.18. The highest BCUT2D eigenvalue weighted by Gasteiger charge is 2.59. The summed E-state index contributed by atoms with van der Waals surface area (Å²) < 4.78 is 7.13. The van der Waals surface area contributed by atoms with Crippen molar-refractivity contribution in [2.75, 3.05) is 11.9 Å². The fourth-order valence-electron chi connectivity index (χ4n) is 5.86. The number of nitrogens with zero attached hydrogens (tertiary/aromatic N) is 5. The van der Waals surface area contributed by atoms with E-state index in [1.165, 1.54) is 11.3 Å². The van der Waals surface area contributed by atoms with Gasteiger partial charge < -0.3 is 25.2 Å². The molecular formula is C27H38B7N7O4S. The number of morpholine rings is 1. The molecule has 232 valence electrons. The lowest BCUT2D eigenvalue weighted by Crippen LogP contribution is -2.85. The van der Waals surface area contributed by atoms with Crippen molar-refractivity contribution >= 4 is 87.6 Å². The van der Waals surface area contributed by atoms with E-state index in [0.29, 0.717) is 29.6 Å². The Bertz CT molecular complexity index is 1760. The van der Waals surface area contributed by atoms with Crippen LogP contribution < -0.4 is 10.6 Å². The number of amides is 2. The smallest absolute Gasteiger partial charge is 0.321 e. The van der Waals surface area contributed by atoms with E-state index < -0.39 is 27.4 Å². The number of rotatable bonds is 7. The van der Waals surface area contributed by atoms with E-state index in [0.717, 1.165) is 32.6 Å². The minimum absolute atomic E-state index is 0.324. The summed E-state index contributed by atoms with van der Waals surface area (Å²) in [6.07, 6.45) is 5.17. The lowest BCUT2D eigenvalue weighted by molar-refractivity contribution is -0.248. The van der Waals surface area contributed by atoms with Crippen molar-refractivity contribution in [3.05, 3.63) is 54.2 Å². The fourth-order valence-corrected chi connectivity index (χ4v) is 6.82. The van der Waals surface area contributed by atoms with Crippen molar-refractivity contribution in [3.8, 4) is 22.4 Å². The number of aliphatic hydroxyl groups is 2. The molecule has 1 saturated heterocycles. The summed E-state index contributed by atoms with van der Waals surface area (Å²) in [5.41, 5.74) is 2.30. The van der Waals surface area contributed by atoms with E-state index >= 15 is 0 Å². The summed E-state index contributed by atoms with van der Waals surface area (Å²) in [6, 6.07) is 7.70. The molecule has 1 unspecified atom stereocenters. The van der Waals surface area contributed by atoms with Crippen molar-refractivity contribution in [1.29, 1.82) is 0 Å². The molecule has 11 nitrogen and oxygen atoms in total. The van der Waals surface area contributed by atoms with Crippen LogP contribution in [0.25, 0.3) is 32.6 Å². The quantitative estimate of drug-likeness (QED) is 0.150. The third-order valence-electron chi connectivity index (χ3n) is 9.43. The summed E-state index contributed by atoms with van der Waals surface area (Å²) in [4.78, 5) is 33.0. The number of hydrogen-bond donors (Lipinski definition) is 4. The van der Waals surface area contributed by atoms with Gasteiger partial charge in [0.25, 0.3) is 0 Å². The Balaban J connectivity index is 1.61. The Labute approximate surface area is 280 Å². The maximum absolute atomic E-state index is 12.3. The largest absolute Gasteiger partial charge is 0.382 e. The molecule has 0 spiro atoms. The van der Waals surface area contributed by atoms with Crippen LogP contribution in [0.15, 0.2) is 42.9 Å². The van der Waals surface area contributed by atoms with E-state index in [1.807, 2.05) is 56.5 Å². The molecule has 4 N–H and O–H groups in total. The van der Waals surface area contributed by atoms with Crippen LogP contribution >= 0.6 is 11.3 Å². The molecular weight excluding hydrogens is 594 g/mol. The van der Waals surface area contributed by atoms with Crippen molar-refractivity contribution < 1.29 is 19.7 Å². The number of carbonyl (C=O) groups is 1. The summed E-state index contributed by atoms with van der Waals surface area (Å²) in [5, 5.41) is 26.1. The van der Waals surface area contributed by atoms with Crippen molar-refractivity contribution in [1.82, 2.24) is 30.2 Å². The number of aromatic nitrogens is 4. The van der Waals surface area contributed by atoms with Gasteiger partial charge in [-0.2, -0.15) is 0 Å². The Kier molecular flexibility index (Phi) is 8.83. The molecule has 0 aliphatic carbocycles. The zero-order valence-electron chi connectivity index (χ0n) is 28.3. The van der Waals surface area contributed by atoms with Crippen LogP contribution in [0, 0.1) is 0 Å². The molecule has 2 amide bonds. The third-order valence-corrected chi connectivity index (χ3v) is 10.5. The van der Waals surface area contributed by atoms with Crippen LogP contribution in [0.2, 0.25) is 0 Å². The normalized spacial score (nSPS) is 20.7. The molecule has 4 aromatic rings. The second-order valence-electron chi connectivity index (χ2n) is 14.1. The van der Waals surface area contributed by atoms with Gasteiger partial charge in [-0.25, -0.2) is 19.7 Å². The maximum atomic E-state index is 12.3. The predicted octanol–water partition coefficient (Wildman–Crippen LogP) is -3.94. The molecule has 0 saturated carbocycles. The van der Waals surface area contributed by atoms with Crippen LogP contribution in [-0.2, 0) is 16.9 Å². The first kappa shape index (κ1) is 34.2. The van der Waals surface area contributed by atoms with Crippen LogP contribution in [0.4, 0.5) is 9.93 Å². The molecule has 1 aliphatic heterocycles. The molecule has 1 aromatic carbocycles. The van der Waals surface area contributed by atoms with E-state index in [2.05, 4.69) is 47.3 Å². The number of fused-ring (bicyclic) bond motifs is 1. The molecule has 0 bridgehead atoms. The van der Waals surface area contributed by atoms with Gasteiger partial charge in [-0.3, -0.25) is 10.3 Å². The molecule has 5 rings (SSSR count). The highest BCUT2D eigenvalue weighted by atomic mass is 32.1. The topological polar surface area (TPSA) is 146 Å². The third kappa shape index (κ3) is 6.27. The van der Waals surface area contributed by atoms with E-state index in [4.69, 9.17) is 14.7 Å². The van der Waals surface area contributed by atoms with E-state index in [9.17, 15) is 15.0 Å². The molecule has 4 heterocycles. The second kappa shape index (κ2) is 11.9. The Morgan fingerprint density at radius 2 is 1.70 bits per heavy atom. The lowest BCUT2D eigenvalue weighted by Gasteiger charge is -2.67. The minimum atomic E-state index is -1.39. The SMILES string of the molecule is BC1(B)OC(B)(O)C(B)(B)N(Cc2ccnc(-c3cc(-c4cnc(C(C)(C)O)nc4)cc4nc(NC(=O)NCC)sc34)c2)C1(B)B. The number of urea groups is 1. The minimum Gasteiger partial charge on any atom is -0.382 e. The molecule has 0 radical (unpaired) electrons. The van der Waals surface area contributed by atoms with Gasteiger partial charge in [0.2, 0.25) is 0 Å². The standard InChI is InChI=1S/C27H38B7N7O4S/c1-4-35-21(42)40-22-39-18-9-14(15-10-37-20(38-11-15)23(2,3)43)8-16(19(18)46-22)17-7-13(5-6-36-17)12-41-24(28,29)26(32,33)45-27(34,44)25(41,30)31/h5-11,43-44H,4,12,28-34H2,1-3H3,(H2,35,39,40,42). The van der Waals surface area contributed by atoms with Gasteiger partial charge in [-0.05, 0) is 61.5 Å². The first-order chi connectivity index (χ1) is 21.3. The van der Waals surface area contributed by atoms with Gasteiger partial charge in [0.15, 0.2) is 18.8 Å². The Morgan fingerprint density at radius 3 is 2.33 bits per heavy atom. The molecule has 19 heteroatoms. The number of thiazole rings is 1. The van der Waals surface area contributed by atoms with Gasteiger partial charge in [0.05, 0.1) is 15.9 Å². The monoisotopic (exact) mass is 633 g/mol. The average Bonchev–Trinajstić information content (AvgIpc) is 3.36. The summed E-state index contributed by atoms with van der Waals surface area (Å²) >= 11 is 1.38. The van der Waals surface area contributed by atoms with Crippen molar-refractivity contribution in [3.63, 3.8) is 0 Å². The number of anilines is 1. The van der Waals surface area contributed by atoms with Crippen LogP contribution in [0.5, 0.6) is 0 Å². The molecule has 46 heavy (non-hydrogen) atoms. The van der Waals surface area contributed by atoms with E-state index in [1.54, 1.807) is 40.3 Å². The molecule has 1 aliphatic rings. The van der Waals surface area contributed by atoms with Gasteiger partial charge in [-0.15, -0.1) is 0 Å². The number of carbonyl (C=O) groups excluding carboxylic acids is 1. The Hall–Kier alpha value is -3.10. The summed E-state index contributed by atoms with van der Waals surface area (Å²) in [7, 11) is 14.0. The van der Waals surface area contributed by atoms with Gasteiger partial charge >= 0.3 is 6.03 Å². The lowest BCUT2D eigenvalue weighted by atomic mass is 9.34. The van der Waals surface area contributed by atoms with Gasteiger partial charge in [0, 0.05) is 53.5 Å². The number of benzene rings is 1. The molecule has 1 fully saturated rings. The fraction of sp³-hybridized carbons (Fsp3) is 0.370. The van der Waals surface area contributed by atoms with Crippen LogP contribution in [-0.4, -0.2) is 124 Å². The first-order valence-electron chi connectivity index (χ1n) is 15.5. The number of pyridine rings is 1. The number of ether oxygens (including phenoxy) is 1. The average molecular weight is 632 g/mol. The second-order valence-corrected chi connectivity index (χ2v) is 15.1. The Morgan fingerprint density at radius 1 is 1.02 bits per heavy atom. The van der Waals surface area contributed by atoms with Crippen LogP contribution in [0.1, 0.15) is 32.2 Å². The van der Waals surface area contributed by atoms with E-state index in [-0.39, 0.29) is 6.03 Å². The van der Waals surface area contributed by atoms with Crippen LogP contribution in [0.3, 0.4) is 0 Å². The molecule has 3 aromatic heterocycles. The van der Waals surface area contributed by atoms with Gasteiger partial charge in [-0.1, -0.05) is 11.3 Å². The zero-order valence-corrected chi connectivity index (χ0v) is 29.1. The molecule has 1 atom stereocenters.